The second kappa shape index (κ2) is 11.6. The van der Waals surface area contributed by atoms with Crippen LogP contribution in [-0.2, 0) is 14.8 Å². The van der Waals surface area contributed by atoms with Crippen molar-refractivity contribution in [2.75, 3.05) is 7.11 Å². The summed E-state index contributed by atoms with van der Waals surface area (Å²) in [6, 6.07) is 18.9. The molecule has 0 bridgehead atoms. The molecule has 0 saturated heterocycles. The van der Waals surface area contributed by atoms with Gasteiger partial charge >= 0.3 is 0 Å². The highest BCUT2D eigenvalue weighted by atomic mass is 32.2. The van der Waals surface area contributed by atoms with Crippen molar-refractivity contribution in [3.63, 3.8) is 0 Å². The SMILES string of the molecule is COc1ccc(-c2ccc(S(=O)(=O)N[C@H]3CC[C@H](C(=O)N[C@@H](c4ccccc4)C(C)(C)O)CC3)cc2)cn1. The Hall–Kier alpha value is -3.27. The van der Waals surface area contributed by atoms with Crippen molar-refractivity contribution in [3.8, 4) is 17.0 Å². The predicted molar refractivity (Wildman–Crippen MR) is 146 cm³/mol. The molecule has 9 heteroatoms. The Labute approximate surface area is 224 Å². The Bertz CT molecular complexity index is 1310. The maximum atomic E-state index is 13.1. The molecule has 2 aromatic carbocycles. The van der Waals surface area contributed by atoms with Gasteiger partial charge in [-0.3, -0.25) is 4.79 Å². The van der Waals surface area contributed by atoms with Crippen LogP contribution in [0.25, 0.3) is 11.1 Å². The summed E-state index contributed by atoms with van der Waals surface area (Å²) >= 11 is 0. The monoisotopic (exact) mass is 537 g/mol. The van der Waals surface area contributed by atoms with Crippen molar-refractivity contribution >= 4 is 15.9 Å². The van der Waals surface area contributed by atoms with Crippen molar-refractivity contribution < 1.29 is 23.1 Å². The third-order valence-electron chi connectivity index (χ3n) is 6.99. The number of hydrogen-bond donors (Lipinski definition) is 3. The fourth-order valence-electron chi connectivity index (χ4n) is 4.83. The van der Waals surface area contributed by atoms with Gasteiger partial charge in [-0.25, -0.2) is 18.1 Å². The molecule has 1 atom stereocenters. The zero-order valence-corrected chi connectivity index (χ0v) is 22.7. The lowest BCUT2D eigenvalue weighted by Gasteiger charge is -2.34. The van der Waals surface area contributed by atoms with Crippen LogP contribution in [0.5, 0.6) is 5.88 Å². The van der Waals surface area contributed by atoms with Crippen LogP contribution < -0.4 is 14.8 Å². The van der Waals surface area contributed by atoms with Gasteiger partial charge in [0.05, 0.1) is 23.6 Å². The minimum atomic E-state index is -3.70. The summed E-state index contributed by atoms with van der Waals surface area (Å²) in [5.41, 5.74) is 1.41. The first-order valence-electron chi connectivity index (χ1n) is 12.8. The molecule has 1 heterocycles. The number of nitrogens with one attached hydrogen (secondary N) is 2. The fourth-order valence-corrected chi connectivity index (χ4v) is 6.14. The third-order valence-corrected chi connectivity index (χ3v) is 8.53. The minimum absolute atomic E-state index is 0.120. The average Bonchev–Trinajstić information content (AvgIpc) is 2.92. The van der Waals surface area contributed by atoms with Gasteiger partial charge in [0, 0.05) is 29.8 Å². The first-order chi connectivity index (χ1) is 18.1. The molecule has 8 nitrogen and oxygen atoms in total. The number of hydrogen-bond acceptors (Lipinski definition) is 6. The molecule has 1 aliphatic rings. The van der Waals surface area contributed by atoms with Gasteiger partial charge in [0.15, 0.2) is 0 Å². The molecule has 1 saturated carbocycles. The highest BCUT2D eigenvalue weighted by Crippen LogP contribution is 2.30. The molecule has 0 spiro atoms. The van der Waals surface area contributed by atoms with E-state index in [2.05, 4.69) is 15.0 Å². The van der Waals surface area contributed by atoms with E-state index in [0.29, 0.717) is 31.6 Å². The molecule has 1 aromatic heterocycles. The highest BCUT2D eigenvalue weighted by molar-refractivity contribution is 7.89. The lowest BCUT2D eigenvalue weighted by atomic mass is 9.84. The van der Waals surface area contributed by atoms with Crippen LogP contribution in [0.15, 0.2) is 77.8 Å². The van der Waals surface area contributed by atoms with E-state index in [9.17, 15) is 18.3 Å². The van der Waals surface area contributed by atoms with E-state index in [1.807, 2.05) is 36.4 Å². The maximum Gasteiger partial charge on any atom is 0.240 e. The van der Waals surface area contributed by atoms with Gasteiger partial charge < -0.3 is 15.2 Å². The maximum absolute atomic E-state index is 13.1. The van der Waals surface area contributed by atoms with Gasteiger partial charge in [0.1, 0.15) is 0 Å². The van der Waals surface area contributed by atoms with Crippen LogP contribution in [0.2, 0.25) is 0 Å². The summed E-state index contributed by atoms with van der Waals surface area (Å²) in [5, 5.41) is 13.7. The number of carbonyl (C=O) groups excluding carboxylic acids is 1. The number of nitrogens with zero attached hydrogens (tertiary/aromatic N) is 1. The molecule has 1 fully saturated rings. The van der Waals surface area contributed by atoms with E-state index in [4.69, 9.17) is 4.74 Å². The summed E-state index contributed by atoms with van der Waals surface area (Å²) in [6.45, 7) is 3.36. The van der Waals surface area contributed by atoms with Crippen molar-refractivity contribution in [1.82, 2.24) is 15.0 Å². The van der Waals surface area contributed by atoms with E-state index < -0.39 is 21.7 Å². The molecule has 0 aliphatic heterocycles. The van der Waals surface area contributed by atoms with Crippen molar-refractivity contribution in [3.05, 3.63) is 78.5 Å². The molecule has 202 valence electrons. The molecular formula is C29H35N3O5S. The number of aliphatic hydroxyl groups is 1. The molecule has 3 N–H and O–H groups in total. The largest absolute Gasteiger partial charge is 0.481 e. The number of ether oxygens (including phenoxy) is 1. The second-order valence-electron chi connectivity index (χ2n) is 10.3. The summed E-state index contributed by atoms with van der Waals surface area (Å²) in [5.74, 6) is 0.158. The first-order valence-corrected chi connectivity index (χ1v) is 14.3. The first kappa shape index (κ1) is 27.8. The molecule has 3 aromatic rings. The van der Waals surface area contributed by atoms with Crippen LogP contribution in [-0.4, -0.2) is 43.2 Å². The lowest BCUT2D eigenvalue weighted by molar-refractivity contribution is -0.128. The number of aromatic nitrogens is 1. The van der Waals surface area contributed by atoms with Crippen LogP contribution in [0.4, 0.5) is 0 Å². The Morgan fingerprint density at radius 1 is 0.974 bits per heavy atom. The number of sulfonamides is 1. The summed E-state index contributed by atoms with van der Waals surface area (Å²) in [4.78, 5) is 17.4. The predicted octanol–water partition coefficient (Wildman–Crippen LogP) is 4.22. The molecule has 1 aliphatic carbocycles. The fraction of sp³-hybridized carbons (Fsp3) is 0.379. The summed E-state index contributed by atoms with van der Waals surface area (Å²) in [7, 11) is -2.15. The van der Waals surface area contributed by atoms with E-state index in [0.717, 1.165) is 16.7 Å². The number of rotatable bonds is 9. The average molecular weight is 538 g/mol. The molecule has 0 unspecified atom stereocenters. The van der Waals surface area contributed by atoms with Gasteiger partial charge in [-0.2, -0.15) is 0 Å². The second-order valence-corrected chi connectivity index (χ2v) is 12.0. The van der Waals surface area contributed by atoms with Crippen LogP contribution in [0.1, 0.15) is 51.1 Å². The standard InChI is InChI=1S/C29H35N3O5S/c1-29(2,34)27(21-7-5-4-6-8-21)31-28(33)22-9-14-24(15-10-22)32-38(35,36)25-16-11-20(12-17-25)23-13-18-26(37-3)30-19-23/h4-8,11-13,16-19,22,24,27,32,34H,9-10,14-15H2,1-3H3,(H,31,33)/t22-,24-,27-/m0/s1. The third kappa shape index (κ3) is 6.78. The molecule has 38 heavy (non-hydrogen) atoms. The van der Waals surface area contributed by atoms with E-state index in [1.165, 1.54) is 0 Å². The molecule has 0 radical (unpaired) electrons. The van der Waals surface area contributed by atoms with Crippen LogP contribution >= 0.6 is 0 Å². The van der Waals surface area contributed by atoms with Gasteiger partial charge in [-0.15, -0.1) is 0 Å². The topological polar surface area (TPSA) is 118 Å². The highest BCUT2D eigenvalue weighted by Gasteiger charge is 2.34. The van der Waals surface area contributed by atoms with Crippen molar-refractivity contribution in [2.24, 2.45) is 5.92 Å². The Kier molecular flexibility index (Phi) is 8.50. The van der Waals surface area contributed by atoms with Crippen molar-refractivity contribution in [1.29, 1.82) is 0 Å². The minimum Gasteiger partial charge on any atom is -0.481 e. The van der Waals surface area contributed by atoms with Crippen LogP contribution in [0.3, 0.4) is 0 Å². The number of carbonyl (C=O) groups is 1. The van der Waals surface area contributed by atoms with E-state index in [1.54, 1.807) is 57.5 Å². The Balaban J connectivity index is 1.33. The van der Waals surface area contributed by atoms with Crippen LogP contribution in [0, 0.1) is 5.92 Å². The number of methoxy groups -OCH3 is 1. The number of benzene rings is 2. The van der Waals surface area contributed by atoms with Gasteiger partial charge in [-0.05, 0) is 68.9 Å². The Morgan fingerprint density at radius 2 is 1.61 bits per heavy atom. The lowest BCUT2D eigenvalue weighted by Crippen LogP contribution is -2.46. The molecular weight excluding hydrogens is 502 g/mol. The number of pyridine rings is 1. The molecule has 1 amide bonds. The zero-order chi connectivity index (χ0) is 27.3. The van der Waals surface area contributed by atoms with Gasteiger partial charge in [0.25, 0.3) is 0 Å². The van der Waals surface area contributed by atoms with E-state index >= 15 is 0 Å². The zero-order valence-electron chi connectivity index (χ0n) is 21.9. The van der Waals surface area contributed by atoms with Gasteiger partial charge in [0.2, 0.25) is 21.8 Å². The molecule has 4 rings (SSSR count). The smallest absolute Gasteiger partial charge is 0.240 e. The number of amides is 1. The Morgan fingerprint density at radius 3 is 2.16 bits per heavy atom. The van der Waals surface area contributed by atoms with Gasteiger partial charge in [-0.1, -0.05) is 42.5 Å². The summed E-state index contributed by atoms with van der Waals surface area (Å²) < 4.78 is 33.9. The normalized spacial score (nSPS) is 18.9. The summed E-state index contributed by atoms with van der Waals surface area (Å²) in [6.07, 6.45) is 3.93. The quantitative estimate of drug-likeness (QED) is 0.376. The van der Waals surface area contributed by atoms with Crippen molar-refractivity contribution in [2.45, 2.75) is 62.1 Å². The van der Waals surface area contributed by atoms with E-state index in [-0.39, 0.29) is 22.8 Å².